The molecular formula is C14H22O3. The van der Waals surface area contributed by atoms with Crippen molar-refractivity contribution in [2.75, 3.05) is 6.61 Å². The van der Waals surface area contributed by atoms with Gasteiger partial charge in [0.1, 0.15) is 5.76 Å². The fourth-order valence-electron chi connectivity index (χ4n) is 2.07. The summed E-state index contributed by atoms with van der Waals surface area (Å²) in [4.78, 5) is 11.6. The molecule has 96 valence electrons. The maximum absolute atomic E-state index is 11.6. The molecule has 1 aliphatic carbocycles. The van der Waals surface area contributed by atoms with Gasteiger partial charge >= 0.3 is 5.97 Å². The van der Waals surface area contributed by atoms with Crippen molar-refractivity contribution in [1.82, 2.24) is 0 Å². The van der Waals surface area contributed by atoms with Crippen molar-refractivity contribution >= 4 is 5.97 Å². The van der Waals surface area contributed by atoms with Crippen molar-refractivity contribution in [2.24, 2.45) is 5.92 Å². The molecule has 0 radical (unpaired) electrons. The van der Waals surface area contributed by atoms with Gasteiger partial charge in [0.2, 0.25) is 0 Å². The lowest BCUT2D eigenvalue weighted by atomic mass is 9.86. The average Bonchev–Trinajstić information content (AvgIpc) is 2.27. The van der Waals surface area contributed by atoms with E-state index in [4.69, 9.17) is 4.74 Å². The van der Waals surface area contributed by atoms with Gasteiger partial charge in [-0.05, 0) is 46.5 Å². The number of ether oxygens (including phenoxy) is 1. The molecule has 0 aliphatic heterocycles. The Hall–Kier alpha value is -1.25. The molecule has 0 aromatic carbocycles. The minimum absolute atomic E-state index is 0.0815. The van der Waals surface area contributed by atoms with Crippen LogP contribution in [0.1, 0.15) is 46.5 Å². The van der Waals surface area contributed by atoms with Crippen molar-refractivity contribution in [1.29, 1.82) is 0 Å². The normalized spacial score (nSPS) is 20.1. The lowest BCUT2D eigenvalue weighted by molar-refractivity contribution is -0.139. The predicted octanol–water partition coefficient (Wildman–Crippen LogP) is 3.52. The fraction of sp³-hybridized carbons (Fsp3) is 0.643. The number of allylic oxidation sites excluding steroid dienone is 3. The van der Waals surface area contributed by atoms with Crippen LogP contribution in [0, 0.1) is 5.92 Å². The molecule has 1 unspecified atom stereocenters. The van der Waals surface area contributed by atoms with Crippen LogP contribution < -0.4 is 0 Å². The Morgan fingerprint density at radius 3 is 2.82 bits per heavy atom. The quantitative estimate of drug-likeness (QED) is 0.602. The van der Waals surface area contributed by atoms with Crippen molar-refractivity contribution in [2.45, 2.75) is 46.5 Å². The molecule has 0 aromatic heterocycles. The van der Waals surface area contributed by atoms with E-state index in [1.807, 2.05) is 13.8 Å². The number of esters is 1. The minimum atomic E-state index is -0.355. The SMILES string of the molecule is CCOC(=O)C1=C(O)C(CC=C(C)C)CCC1. The van der Waals surface area contributed by atoms with E-state index < -0.39 is 0 Å². The number of aliphatic hydroxyl groups is 1. The van der Waals surface area contributed by atoms with E-state index in [0.29, 0.717) is 18.6 Å². The highest BCUT2D eigenvalue weighted by Crippen LogP contribution is 2.31. The van der Waals surface area contributed by atoms with Gasteiger partial charge in [-0.3, -0.25) is 0 Å². The monoisotopic (exact) mass is 238 g/mol. The second-order valence-corrected chi connectivity index (χ2v) is 4.69. The van der Waals surface area contributed by atoms with Crippen LogP contribution in [0.2, 0.25) is 0 Å². The van der Waals surface area contributed by atoms with E-state index in [0.717, 1.165) is 19.3 Å². The zero-order chi connectivity index (χ0) is 12.8. The summed E-state index contributed by atoms with van der Waals surface area (Å²) >= 11 is 0. The summed E-state index contributed by atoms with van der Waals surface area (Å²) in [7, 11) is 0. The van der Waals surface area contributed by atoms with Gasteiger partial charge in [0.05, 0.1) is 12.2 Å². The molecule has 0 aromatic rings. The van der Waals surface area contributed by atoms with E-state index >= 15 is 0 Å². The van der Waals surface area contributed by atoms with Gasteiger partial charge in [-0.25, -0.2) is 4.79 Å². The Morgan fingerprint density at radius 1 is 1.53 bits per heavy atom. The van der Waals surface area contributed by atoms with Gasteiger partial charge in [0.25, 0.3) is 0 Å². The molecule has 17 heavy (non-hydrogen) atoms. The van der Waals surface area contributed by atoms with Crippen LogP contribution in [0.15, 0.2) is 23.0 Å². The fourth-order valence-corrected chi connectivity index (χ4v) is 2.07. The first-order valence-electron chi connectivity index (χ1n) is 6.28. The summed E-state index contributed by atoms with van der Waals surface area (Å²) in [6.45, 7) is 6.21. The highest BCUT2D eigenvalue weighted by atomic mass is 16.5. The first kappa shape index (κ1) is 13.8. The minimum Gasteiger partial charge on any atom is -0.511 e. The Morgan fingerprint density at radius 2 is 2.24 bits per heavy atom. The van der Waals surface area contributed by atoms with Crippen LogP contribution in [0.4, 0.5) is 0 Å². The molecule has 1 aliphatic rings. The number of hydrogen-bond donors (Lipinski definition) is 1. The van der Waals surface area contributed by atoms with Gasteiger partial charge in [-0.15, -0.1) is 0 Å². The summed E-state index contributed by atoms with van der Waals surface area (Å²) in [6.07, 6.45) is 5.43. The van der Waals surface area contributed by atoms with Gasteiger partial charge in [0.15, 0.2) is 0 Å². The third-order valence-corrected chi connectivity index (χ3v) is 3.01. The zero-order valence-electron chi connectivity index (χ0n) is 11.0. The summed E-state index contributed by atoms with van der Waals surface area (Å²) in [6, 6.07) is 0. The average molecular weight is 238 g/mol. The van der Waals surface area contributed by atoms with Gasteiger partial charge in [0, 0.05) is 5.92 Å². The predicted molar refractivity (Wildman–Crippen MR) is 67.7 cm³/mol. The maximum Gasteiger partial charge on any atom is 0.337 e. The third kappa shape index (κ3) is 3.91. The Labute approximate surface area is 103 Å². The van der Waals surface area contributed by atoms with Crippen LogP contribution in [0.5, 0.6) is 0 Å². The largest absolute Gasteiger partial charge is 0.511 e. The topological polar surface area (TPSA) is 46.5 Å². The summed E-state index contributed by atoms with van der Waals surface area (Å²) in [5.41, 5.74) is 1.71. The number of rotatable bonds is 4. The molecule has 0 spiro atoms. The molecular weight excluding hydrogens is 216 g/mol. The summed E-state index contributed by atoms with van der Waals surface area (Å²) < 4.78 is 4.95. The second kappa shape index (κ2) is 6.48. The van der Waals surface area contributed by atoms with Crippen molar-refractivity contribution < 1.29 is 14.6 Å². The maximum atomic E-state index is 11.6. The molecule has 0 bridgehead atoms. The highest BCUT2D eigenvalue weighted by Gasteiger charge is 2.26. The van der Waals surface area contributed by atoms with E-state index in [-0.39, 0.29) is 17.6 Å². The second-order valence-electron chi connectivity index (χ2n) is 4.69. The van der Waals surface area contributed by atoms with Gasteiger partial charge in [-0.2, -0.15) is 0 Å². The van der Waals surface area contributed by atoms with Gasteiger partial charge in [-0.1, -0.05) is 11.6 Å². The number of carbonyl (C=O) groups is 1. The molecule has 0 fully saturated rings. The van der Waals surface area contributed by atoms with E-state index in [1.165, 1.54) is 5.57 Å². The Bertz CT molecular complexity index is 335. The highest BCUT2D eigenvalue weighted by molar-refractivity contribution is 5.89. The number of carbonyl (C=O) groups excluding carboxylic acids is 1. The Kier molecular flexibility index (Phi) is 5.26. The summed E-state index contributed by atoms with van der Waals surface area (Å²) in [5.74, 6) is -0.0304. The van der Waals surface area contributed by atoms with E-state index in [1.54, 1.807) is 6.92 Å². The van der Waals surface area contributed by atoms with Crippen LogP contribution in [-0.4, -0.2) is 17.7 Å². The third-order valence-electron chi connectivity index (χ3n) is 3.01. The van der Waals surface area contributed by atoms with Crippen LogP contribution >= 0.6 is 0 Å². The van der Waals surface area contributed by atoms with E-state index in [2.05, 4.69) is 6.08 Å². The molecule has 1 N–H and O–H groups in total. The molecule has 3 nitrogen and oxygen atoms in total. The summed E-state index contributed by atoms with van der Waals surface area (Å²) in [5, 5.41) is 10.1. The van der Waals surface area contributed by atoms with Crippen molar-refractivity contribution in [3.8, 4) is 0 Å². The Balaban J connectivity index is 2.78. The lowest BCUT2D eigenvalue weighted by Gasteiger charge is -2.23. The molecule has 1 atom stereocenters. The van der Waals surface area contributed by atoms with Crippen molar-refractivity contribution in [3.63, 3.8) is 0 Å². The van der Waals surface area contributed by atoms with E-state index in [9.17, 15) is 9.90 Å². The smallest absolute Gasteiger partial charge is 0.337 e. The van der Waals surface area contributed by atoms with Crippen LogP contribution in [-0.2, 0) is 9.53 Å². The van der Waals surface area contributed by atoms with Crippen LogP contribution in [0.25, 0.3) is 0 Å². The molecule has 0 saturated heterocycles. The lowest BCUT2D eigenvalue weighted by Crippen LogP contribution is -2.19. The van der Waals surface area contributed by atoms with Crippen molar-refractivity contribution in [3.05, 3.63) is 23.0 Å². The number of aliphatic hydroxyl groups excluding tert-OH is 1. The van der Waals surface area contributed by atoms with Gasteiger partial charge < -0.3 is 9.84 Å². The molecule has 0 amide bonds. The standard InChI is InChI=1S/C14H22O3/c1-4-17-14(16)12-7-5-6-11(13(12)15)9-8-10(2)3/h8,11,15H,4-7,9H2,1-3H3. The zero-order valence-corrected chi connectivity index (χ0v) is 11.0. The molecule has 0 saturated carbocycles. The molecule has 3 heteroatoms. The first-order chi connectivity index (χ1) is 8.06. The molecule has 0 heterocycles. The first-order valence-corrected chi connectivity index (χ1v) is 6.28. The number of hydrogen-bond acceptors (Lipinski definition) is 3. The molecule has 1 rings (SSSR count). The van der Waals surface area contributed by atoms with Crippen LogP contribution in [0.3, 0.4) is 0 Å².